The fraction of sp³-hybridized carbons (Fsp3) is 0.923. The lowest BCUT2D eigenvalue weighted by Gasteiger charge is -2.44. The Morgan fingerprint density at radius 3 is 2.22 bits per heavy atom. The Morgan fingerprint density at radius 2 is 1.89 bits per heavy atom. The van der Waals surface area contributed by atoms with Crippen molar-refractivity contribution in [3.8, 4) is 0 Å². The summed E-state index contributed by atoms with van der Waals surface area (Å²) in [7, 11) is 0. The molecule has 1 fully saturated rings. The van der Waals surface area contributed by atoms with E-state index in [-0.39, 0.29) is 11.6 Å². The Bertz CT molecular complexity index is 293. The van der Waals surface area contributed by atoms with E-state index in [9.17, 15) is 15.0 Å². The van der Waals surface area contributed by atoms with E-state index in [4.69, 9.17) is 0 Å². The quantitative estimate of drug-likeness (QED) is 0.831. The van der Waals surface area contributed by atoms with Gasteiger partial charge in [0.2, 0.25) is 0 Å². The van der Waals surface area contributed by atoms with Crippen molar-refractivity contribution in [2.24, 2.45) is 0 Å². The third kappa shape index (κ3) is 3.79. The van der Waals surface area contributed by atoms with Crippen molar-refractivity contribution < 1.29 is 15.0 Å². The summed E-state index contributed by atoms with van der Waals surface area (Å²) in [6.45, 7) is 5.76. The molecule has 0 spiro atoms. The van der Waals surface area contributed by atoms with Gasteiger partial charge in [-0.05, 0) is 52.7 Å². The fourth-order valence-corrected chi connectivity index (χ4v) is 3.63. The molecule has 0 unspecified atom stereocenters. The van der Waals surface area contributed by atoms with Gasteiger partial charge in [-0.15, -0.1) is 0 Å². The molecule has 0 aromatic heterocycles. The van der Waals surface area contributed by atoms with Gasteiger partial charge in [0.15, 0.2) is 0 Å². The standard InChI is InChI=1S/C13H25NO3S/c1-12(2,3)14(11(15)16)10-5-7-13(17,8-6-10)9-18-4/h10,17H,5-9H2,1-4H3,(H,15,16). The lowest BCUT2D eigenvalue weighted by atomic mass is 9.82. The zero-order chi connectivity index (χ0) is 14.0. The Morgan fingerprint density at radius 1 is 1.39 bits per heavy atom. The van der Waals surface area contributed by atoms with Crippen LogP contribution in [-0.4, -0.2) is 50.4 Å². The number of carboxylic acid groups (broad SMARTS) is 1. The van der Waals surface area contributed by atoms with Gasteiger partial charge in [-0.3, -0.25) is 0 Å². The van der Waals surface area contributed by atoms with Crippen molar-refractivity contribution in [1.29, 1.82) is 0 Å². The van der Waals surface area contributed by atoms with Crippen LogP contribution in [0.5, 0.6) is 0 Å². The number of amides is 1. The summed E-state index contributed by atoms with van der Waals surface area (Å²) in [4.78, 5) is 12.9. The molecule has 1 saturated carbocycles. The predicted octanol–water partition coefficient (Wildman–Crippen LogP) is 2.80. The van der Waals surface area contributed by atoms with E-state index in [1.807, 2.05) is 27.0 Å². The number of thioether (sulfide) groups is 1. The van der Waals surface area contributed by atoms with Crippen LogP contribution in [-0.2, 0) is 0 Å². The molecule has 0 aliphatic heterocycles. The van der Waals surface area contributed by atoms with E-state index in [2.05, 4.69) is 0 Å². The molecule has 4 nitrogen and oxygen atoms in total. The average molecular weight is 275 g/mol. The van der Waals surface area contributed by atoms with Gasteiger partial charge >= 0.3 is 6.09 Å². The van der Waals surface area contributed by atoms with Crippen molar-refractivity contribution >= 4 is 17.9 Å². The SMILES string of the molecule is CSCC1(O)CCC(N(C(=O)O)C(C)(C)C)CC1. The highest BCUT2D eigenvalue weighted by molar-refractivity contribution is 7.98. The first-order valence-electron chi connectivity index (χ1n) is 6.43. The first kappa shape index (κ1) is 15.6. The number of aliphatic hydroxyl groups is 1. The molecule has 0 bridgehead atoms. The lowest BCUT2D eigenvalue weighted by molar-refractivity contribution is -0.0152. The van der Waals surface area contributed by atoms with E-state index in [1.165, 1.54) is 0 Å². The van der Waals surface area contributed by atoms with E-state index < -0.39 is 11.7 Å². The van der Waals surface area contributed by atoms with Gasteiger partial charge in [-0.1, -0.05) is 0 Å². The third-order valence-electron chi connectivity index (χ3n) is 3.59. The second kappa shape index (κ2) is 5.70. The highest BCUT2D eigenvalue weighted by atomic mass is 32.2. The smallest absolute Gasteiger partial charge is 0.407 e. The monoisotopic (exact) mass is 275 g/mol. The van der Waals surface area contributed by atoms with Gasteiger partial charge in [0.25, 0.3) is 0 Å². The molecule has 1 rings (SSSR count). The van der Waals surface area contributed by atoms with Crippen molar-refractivity contribution in [1.82, 2.24) is 4.90 Å². The van der Waals surface area contributed by atoms with Gasteiger partial charge in [0.05, 0.1) is 5.60 Å². The van der Waals surface area contributed by atoms with Gasteiger partial charge in [-0.25, -0.2) is 4.79 Å². The van der Waals surface area contributed by atoms with Gasteiger partial charge in [-0.2, -0.15) is 11.8 Å². The summed E-state index contributed by atoms with van der Waals surface area (Å²) in [6, 6.07) is 0.0321. The minimum absolute atomic E-state index is 0.0321. The molecule has 5 heteroatoms. The van der Waals surface area contributed by atoms with E-state index >= 15 is 0 Å². The number of hydrogen-bond donors (Lipinski definition) is 2. The second-order valence-corrected chi connectivity index (χ2v) is 7.08. The largest absolute Gasteiger partial charge is 0.465 e. The van der Waals surface area contributed by atoms with E-state index in [0.29, 0.717) is 12.8 Å². The predicted molar refractivity (Wildman–Crippen MR) is 75.2 cm³/mol. The molecule has 0 heterocycles. The summed E-state index contributed by atoms with van der Waals surface area (Å²) in [5.41, 5.74) is -0.983. The Labute approximate surface area is 114 Å². The van der Waals surface area contributed by atoms with Crippen LogP contribution in [0.1, 0.15) is 46.5 Å². The van der Waals surface area contributed by atoms with Crippen LogP contribution in [0.25, 0.3) is 0 Å². The molecule has 0 atom stereocenters. The van der Waals surface area contributed by atoms with Gasteiger partial charge in [0.1, 0.15) is 0 Å². The summed E-state index contributed by atoms with van der Waals surface area (Å²) in [6.07, 6.45) is 4.02. The number of nitrogens with zero attached hydrogens (tertiary/aromatic N) is 1. The molecule has 0 radical (unpaired) electrons. The summed E-state index contributed by atoms with van der Waals surface area (Å²) in [5, 5.41) is 19.7. The maximum atomic E-state index is 11.4. The molecule has 0 aromatic carbocycles. The highest BCUT2D eigenvalue weighted by Crippen LogP contribution is 2.35. The Balaban J connectivity index is 2.68. The van der Waals surface area contributed by atoms with Crippen LogP contribution in [0.2, 0.25) is 0 Å². The molecule has 106 valence electrons. The molecule has 18 heavy (non-hydrogen) atoms. The van der Waals surface area contributed by atoms with Crippen molar-refractivity contribution in [2.45, 2.75) is 63.6 Å². The van der Waals surface area contributed by atoms with Crippen LogP contribution >= 0.6 is 11.8 Å². The van der Waals surface area contributed by atoms with Crippen LogP contribution < -0.4 is 0 Å². The fourth-order valence-electron chi connectivity index (χ4n) is 2.80. The molecule has 2 N–H and O–H groups in total. The first-order chi connectivity index (χ1) is 8.19. The van der Waals surface area contributed by atoms with Crippen molar-refractivity contribution in [3.05, 3.63) is 0 Å². The van der Waals surface area contributed by atoms with Crippen molar-refractivity contribution in [2.75, 3.05) is 12.0 Å². The van der Waals surface area contributed by atoms with Gasteiger partial charge < -0.3 is 15.1 Å². The minimum Gasteiger partial charge on any atom is -0.465 e. The molecule has 1 aliphatic carbocycles. The van der Waals surface area contributed by atoms with E-state index in [1.54, 1.807) is 16.7 Å². The third-order valence-corrected chi connectivity index (χ3v) is 4.42. The summed E-state index contributed by atoms with van der Waals surface area (Å²) < 4.78 is 0. The Kier molecular flexibility index (Phi) is 4.95. The Hall–Kier alpha value is -0.420. The van der Waals surface area contributed by atoms with Crippen LogP contribution in [0.3, 0.4) is 0 Å². The van der Waals surface area contributed by atoms with Crippen LogP contribution in [0.4, 0.5) is 4.79 Å². The summed E-state index contributed by atoms with van der Waals surface area (Å²) >= 11 is 1.65. The van der Waals surface area contributed by atoms with E-state index in [0.717, 1.165) is 18.6 Å². The normalized spacial score (nSPS) is 29.1. The highest BCUT2D eigenvalue weighted by Gasteiger charge is 2.39. The maximum Gasteiger partial charge on any atom is 0.407 e. The van der Waals surface area contributed by atoms with Crippen LogP contribution in [0, 0.1) is 0 Å². The molecule has 0 saturated heterocycles. The molecule has 0 aromatic rings. The molecular formula is C13H25NO3S. The zero-order valence-corrected chi connectivity index (χ0v) is 12.6. The molecular weight excluding hydrogens is 250 g/mol. The maximum absolute atomic E-state index is 11.4. The molecule has 1 amide bonds. The second-order valence-electron chi connectivity index (χ2n) is 6.21. The van der Waals surface area contributed by atoms with Gasteiger partial charge in [0, 0.05) is 17.3 Å². The van der Waals surface area contributed by atoms with Crippen LogP contribution in [0.15, 0.2) is 0 Å². The lowest BCUT2D eigenvalue weighted by Crippen LogP contribution is -2.54. The summed E-state index contributed by atoms with van der Waals surface area (Å²) in [5.74, 6) is 0.738. The molecule has 1 aliphatic rings. The average Bonchev–Trinajstić information content (AvgIpc) is 2.19. The minimum atomic E-state index is -0.859. The first-order valence-corrected chi connectivity index (χ1v) is 7.82. The number of rotatable bonds is 3. The number of hydrogen-bond acceptors (Lipinski definition) is 3. The number of carbonyl (C=O) groups is 1. The zero-order valence-electron chi connectivity index (χ0n) is 11.8. The van der Waals surface area contributed by atoms with Crippen molar-refractivity contribution in [3.63, 3.8) is 0 Å². The topological polar surface area (TPSA) is 60.8 Å².